The van der Waals surface area contributed by atoms with Gasteiger partial charge in [-0.25, -0.2) is 0 Å². The number of aliphatic hydroxyl groups is 1. The lowest BCUT2D eigenvalue weighted by Crippen LogP contribution is -1.97. The van der Waals surface area contributed by atoms with Crippen LogP contribution < -0.4 is 14.2 Å². The molecule has 0 amide bonds. The lowest BCUT2D eigenvalue weighted by atomic mass is 10.1. The summed E-state index contributed by atoms with van der Waals surface area (Å²) < 4.78 is 17.6. The Labute approximate surface area is 117 Å². The van der Waals surface area contributed by atoms with Crippen molar-refractivity contribution in [2.24, 2.45) is 7.05 Å². The quantitative estimate of drug-likeness (QED) is 0.900. The summed E-state index contributed by atoms with van der Waals surface area (Å²) in [7, 11) is 6.48. The molecule has 0 fully saturated rings. The van der Waals surface area contributed by atoms with Gasteiger partial charge in [-0.1, -0.05) is 0 Å². The van der Waals surface area contributed by atoms with Gasteiger partial charge >= 0.3 is 0 Å². The van der Waals surface area contributed by atoms with Gasteiger partial charge in [0, 0.05) is 12.6 Å². The molecule has 6 heteroatoms. The molecule has 0 radical (unpaired) electrons. The van der Waals surface area contributed by atoms with E-state index in [-0.39, 0.29) is 6.61 Å². The first-order valence-electron chi connectivity index (χ1n) is 6.08. The van der Waals surface area contributed by atoms with E-state index in [9.17, 15) is 5.11 Å². The standard InChI is InChI=1S/C14H18N2O4/c1-16-10(8-17)7-11(15-16)9-5-12(18-2)14(20-4)13(6-9)19-3/h5-7,17H,8H2,1-4H3. The lowest BCUT2D eigenvalue weighted by molar-refractivity contribution is 0.270. The van der Waals surface area contributed by atoms with Crippen molar-refractivity contribution in [2.45, 2.75) is 6.61 Å². The van der Waals surface area contributed by atoms with E-state index in [1.54, 1.807) is 33.1 Å². The molecule has 0 bridgehead atoms. The Bertz CT molecular complexity index is 582. The van der Waals surface area contributed by atoms with Gasteiger partial charge in [-0.3, -0.25) is 4.68 Å². The van der Waals surface area contributed by atoms with Crippen molar-refractivity contribution in [1.82, 2.24) is 9.78 Å². The van der Waals surface area contributed by atoms with Crippen molar-refractivity contribution in [2.75, 3.05) is 21.3 Å². The number of benzene rings is 1. The fourth-order valence-corrected chi connectivity index (χ4v) is 2.02. The van der Waals surface area contributed by atoms with E-state index in [1.807, 2.05) is 18.2 Å². The molecule has 0 saturated heterocycles. The molecule has 0 aliphatic heterocycles. The lowest BCUT2D eigenvalue weighted by Gasteiger charge is -2.13. The maximum Gasteiger partial charge on any atom is 0.203 e. The number of hydrogen-bond donors (Lipinski definition) is 1. The second-order valence-electron chi connectivity index (χ2n) is 4.22. The van der Waals surface area contributed by atoms with Gasteiger partial charge in [0.15, 0.2) is 11.5 Å². The number of aliphatic hydroxyl groups excluding tert-OH is 1. The predicted octanol–water partition coefficient (Wildman–Crippen LogP) is 1.61. The second kappa shape index (κ2) is 5.83. The van der Waals surface area contributed by atoms with E-state index in [1.165, 1.54) is 0 Å². The number of ether oxygens (including phenoxy) is 3. The number of aromatic nitrogens is 2. The maximum absolute atomic E-state index is 9.23. The molecule has 2 rings (SSSR count). The van der Waals surface area contributed by atoms with Crippen LogP contribution in [-0.2, 0) is 13.7 Å². The summed E-state index contributed by atoms with van der Waals surface area (Å²) in [6.07, 6.45) is 0. The Kier molecular flexibility index (Phi) is 4.14. The Morgan fingerprint density at radius 3 is 2.05 bits per heavy atom. The Morgan fingerprint density at radius 2 is 1.65 bits per heavy atom. The molecular weight excluding hydrogens is 260 g/mol. The molecule has 20 heavy (non-hydrogen) atoms. The van der Waals surface area contributed by atoms with Gasteiger partial charge in [0.2, 0.25) is 5.75 Å². The molecular formula is C14H18N2O4. The van der Waals surface area contributed by atoms with E-state index in [0.29, 0.717) is 17.2 Å². The molecule has 0 aliphatic carbocycles. The van der Waals surface area contributed by atoms with Gasteiger partial charge in [-0.05, 0) is 18.2 Å². The third-order valence-corrected chi connectivity index (χ3v) is 3.10. The van der Waals surface area contributed by atoms with Crippen molar-refractivity contribution in [3.8, 4) is 28.5 Å². The maximum atomic E-state index is 9.23. The van der Waals surface area contributed by atoms with Crippen LogP contribution in [0.1, 0.15) is 5.69 Å². The third-order valence-electron chi connectivity index (χ3n) is 3.10. The van der Waals surface area contributed by atoms with Crippen LogP contribution in [0.5, 0.6) is 17.2 Å². The largest absolute Gasteiger partial charge is 0.493 e. The van der Waals surface area contributed by atoms with Crippen LogP contribution in [0.15, 0.2) is 18.2 Å². The molecule has 0 atom stereocenters. The molecule has 1 aromatic heterocycles. The summed E-state index contributed by atoms with van der Waals surface area (Å²) in [6.45, 7) is -0.0616. The van der Waals surface area contributed by atoms with Crippen molar-refractivity contribution in [1.29, 1.82) is 0 Å². The molecule has 1 N–H and O–H groups in total. The van der Waals surface area contributed by atoms with Crippen LogP contribution in [0.2, 0.25) is 0 Å². The molecule has 1 aromatic carbocycles. The van der Waals surface area contributed by atoms with E-state index < -0.39 is 0 Å². The minimum absolute atomic E-state index is 0.0616. The zero-order chi connectivity index (χ0) is 14.7. The van der Waals surface area contributed by atoms with Gasteiger partial charge in [-0.15, -0.1) is 0 Å². The number of aryl methyl sites for hydroxylation is 1. The fraction of sp³-hybridized carbons (Fsp3) is 0.357. The number of hydrogen-bond acceptors (Lipinski definition) is 5. The van der Waals surface area contributed by atoms with Gasteiger partial charge in [0.25, 0.3) is 0 Å². The first kappa shape index (κ1) is 14.2. The molecule has 1 heterocycles. The van der Waals surface area contributed by atoms with Crippen LogP contribution in [0, 0.1) is 0 Å². The summed E-state index contributed by atoms with van der Waals surface area (Å²) in [6, 6.07) is 5.47. The molecule has 2 aromatic rings. The number of nitrogens with zero attached hydrogens (tertiary/aromatic N) is 2. The predicted molar refractivity (Wildman–Crippen MR) is 74.2 cm³/mol. The second-order valence-corrected chi connectivity index (χ2v) is 4.22. The highest BCUT2D eigenvalue weighted by Gasteiger charge is 2.16. The van der Waals surface area contributed by atoms with Gasteiger partial charge < -0.3 is 19.3 Å². The first-order valence-corrected chi connectivity index (χ1v) is 6.08. The third kappa shape index (κ3) is 2.42. The summed E-state index contributed by atoms with van der Waals surface area (Å²) >= 11 is 0. The monoisotopic (exact) mass is 278 g/mol. The van der Waals surface area contributed by atoms with Gasteiger partial charge in [-0.2, -0.15) is 5.10 Å². The van der Waals surface area contributed by atoms with Crippen LogP contribution in [0.3, 0.4) is 0 Å². The van der Waals surface area contributed by atoms with E-state index in [2.05, 4.69) is 5.10 Å². The van der Waals surface area contributed by atoms with Gasteiger partial charge in [0.05, 0.1) is 39.3 Å². The highest BCUT2D eigenvalue weighted by Crippen LogP contribution is 2.40. The summed E-state index contributed by atoms with van der Waals surface area (Å²) in [5, 5.41) is 13.6. The zero-order valence-corrected chi connectivity index (χ0v) is 12.0. The molecule has 108 valence electrons. The Hall–Kier alpha value is -2.21. The topological polar surface area (TPSA) is 65.7 Å². The zero-order valence-electron chi connectivity index (χ0n) is 12.0. The van der Waals surface area contributed by atoms with Crippen molar-refractivity contribution in [3.63, 3.8) is 0 Å². The molecule has 0 aliphatic rings. The van der Waals surface area contributed by atoms with Crippen LogP contribution in [-0.4, -0.2) is 36.2 Å². The van der Waals surface area contributed by atoms with E-state index >= 15 is 0 Å². The number of methoxy groups -OCH3 is 3. The van der Waals surface area contributed by atoms with Crippen molar-refractivity contribution < 1.29 is 19.3 Å². The highest BCUT2D eigenvalue weighted by molar-refractivity contribution is 5.68. The Balaban J connectivity index is 2.56. The van der Waals surface area contributed by atoms with Crippen molar-refractivity contribution >= 4 is 0 Å². The summed E-state index contributed by atoms with van der Waals surface area (Å²) in [4.78, 5) is 0. The minimum Gasteiger partial charge on any atom is -0.493 e. The highest BCUT2D eigenvalue weighted by atomic mass is 16.5. The molecule has 6 nitrogen and oxygen atoms in total. The fourth-order valence-electron chi connectivity index (χ4n) is 2.02. The molecule has 0 saturated carbocycles. The summed E-state index contributed by atoms with van der Waals surface area (Å²) in [5.41, 5.74) is 2.29. The molecule has 0 spiro atoms. The number of rotatable bonds is 5. The average Bonchev–Trinajstić information content (AvgIpc) is 2.86. The Morgan fingerprint density at radius 1 is 1.05 bits per heavy atom. The van der Waals surface area contributed by atoms with E-state index in [0.717, 1.165) is 17.0 Å². The average molecular weight is 278 g/mol. The first-order chi connectivity index (χ1) is 9.64. The molecule has 0 unspecified atom stereocenters. The smallest absolute Gasteiger partial charge is 0.203 e. The van der Waals surface area contributed by atoms with Crippen molar-refractivity contribution in [3.05, 3.63) is 23.9 Å². The van der Waals surface area contributed by atoms with Gasteiger partial charge in [0.1, 0.15) is 0 Å². The van der Waals surface area contributed by atoms with Crippen LogP contribution in [0.25, 0.3) is 11.3 Å². The normalized spacial score (nSPS) is 10.4. The SMILES string of the molecule is COc1cc(-c2cc(CO)n(C)n2)cc(OC)c1OC. The minimum atomic E-state index is -0.0616. The van der Waals surface area contributed by atoms with Crippen LogP contribution in [0.4, 0.5) is 0 Å². The summed E-state index contributed by atoms with van der Waals surface area (Å²) in [5.74, 6) is 1.67. The van der Waals surface area contributed by atoms with Crippen LogP contribution >= 0.6 is 0 Å². The van der Waals surface area contributed by atoms with E-state index in [4.69, 9.17) is 14.2 Å².